The van der Waals surface area contributed by atoms with Crippen molar-refractivity contribution in [3.05, 3.63) is 35.4 Å². The van der Waals surface area contributed by atoms with Crippen molar-refractivity contribution in [3.8, 4) is 0 Å². The molecule has 1 aliphatic carbocycles. The lowest BCUT2D eigenvalue weighted by molar-refractivity contribution is -0.147. The summed E-state index contributed by atoms with van der Waals surface area (Å²) in [6.45, 7) is 1.95. The third-order valence-corrected chi connectivity index (χ3v) is 3.95. The Bertz CT molecular complexity index is 504. The van der Waals surface area contributed by atoms with E-state index in [4.69, 9.17) is 5.73 Å². The smallest absolute Gasteiger partial charge is 0.329 e. The maximum atomic E-state index is 12.2. The van der Waals surface area contributed by atoms with E-state index in [0.29, 0.717) is 18.4 Å². The quantitative estimate of drug-likeness (QED) is 0.777. The molecule has 1 aliphatic rings. The van der Waals surface area contributed by atoms with Crippen LogP contribution in [0.15, 0.2) is 24.3 Å². The number of carboxylic acids is 1. The molecule has 1 saturated carbocycles. The van der Waals surface area contributed by atoms with Gasteiger partial charge in [0.25, 0.3) is 0 Å². The Kier molecular flexibility index (Phi) is 4.09. The molecule has 0 aromatic heterocycles. The Balaban J connectivity index is 2.11. The van der Waals surface area contributed by atoms with E-state index in [1.165, 1.54) is 0 Å². The number of hydrogen-bond donors (Lipinski definition) is 3. The topological polar surface area (TPSA) is 92.4 Å². The molecule has 108 valence electrons. The first-order valence-electron chi connectivity index (χ1n) is 6.82. The van der Waals surface area contributed by atoms with Gasteiger partial charge in [-0.1, -0.05) is 42.7 Å². The molecule has 1 atom stereocenters. The predicted octanol–water partition coefficient (Wildman–Crippen LogP) is 1.51. The van der Waals surface area contributed by atoms with E-state index in [0.717, 1.165) is 18.4 Å². The first-order chi connectivity index (χ1) is 9.44. The van der Waals surface area contributed by atoms with Crippen LogP contribution in [0.25, 0.3) is 0 Å². The van der Waals surface area contributed by atoms with E-state index in [-0.39, 0.29) is 0 Å². The van der Waals surface area contributed by atoms with Crippen LogP contribution in [-0.2, 0) is 9.59 Å². The zero-order chi connectivity index (χ0) is 14.8. The van der Waals surface area contributed by atoms with Gasteiger partial charge >= 0.3 is 5.97 Å². The normalized spacial score (nSPS) is 18.5. The maximum absolute atomic E-state index is 12.2. The number of carboxylic acid groups (broad SMARTS) is 1. The first-order valence-corrected chi connectivity index (χ1v) is 6.82. The average Bonchev–Trinajstić information content (AvgIpc) is 2.88. The van der Waals surface area contributed by atoms with Crippen LogP contribution in [0.2, 0.25) is 0 Å². The molecule has 0 heterocycles. The van der Waals surface area contributed by atoms with Crippen molar-refractivity contribution < 1.29 is 14.7 Å². The van der Waals surface area contributed by atoms with Gasteiger partial charge in [-0.05, 0) is 25.3 Å². The second kappa shape index (κ2) is 5.63. The molecular weight excluding hydrogens is 256 g/mol. The lowest BCUT2D eigenvalue weighted by atomic mass is 9.96. The molecule has 2 rings (SSSR count). The highest BCUT2D eigenvalue weighted by Crippen LogP contribution is 2.30. The van der Waals surface area contributed by atoms with E-state index in [1.807, 2.05) is 19.1 Å². The molecule has 5 heteroatoms. The number of rotatable bonds is 4. The molecule has 0 aliphatic heterocycles. The minimum Gasteiger partial charge on any atom is -0.480 e. The van der Waals surface area contributed by atoms with Crippen LogP contribution in [0.4, 0.5) is 0 Å². The Morgan fingerprint density at radius 3 is 2.30 bits per heavy atom. The Labute approximate surface area is 118 Å². The Morgan fingerprint density at radius 2 is 1.80 bits per heavy atom. The fourth-order valence-corrected chi connectivity index (χ4v) is 2.61. The summed E-state index contributed by atoms with van der Waals surface area (Å²) in [5.41, 5.74) is 6.55. The number of amides is 1. The van der Waals surface area contributed by atoms with Gasteiger partial charge in [0, 0.05) is 0 Å². The summed E-state index contributed by atoms with van der Waals surface area (Å²) in [6.07, 6.45) is 2.56. The number of carbonyl (C=O) groups excluding carboxylic acids is 1. The molecule has 1 fully saturated rings. The number of benzene rings is 1. The van der Waals surface area contributed by atoms with Crippen molar-refractivity contribution in [1.82, 2.24) is 5.32 Å². The number of nitrogens with two attached hydrogens (primary N) is 1. The van der Waals surface area contributed by atoms with Crippen molar-refractivity contribution in [1.29, 1.82) is 0 Å². The van der Waals surface area contributed by atoms with Crippen LogP contribution < -0.4 is 11.1 Å². The highest BCUT2D eigenvalue weighted by atomic mass is 16.4. The zero-order valence-electron chi connectivity index (χ0n) is 11.6. The number of nitrogens with one attached hydrogen (secondary N) is 1. The monoisotopic (exact) mass is 276 g/mol. The van der Waals surface area contributed by atoms with Crippen LogP contribution in [0.5, 0.6) is 0 Å². The summed E-state index contributed by atoms with van der Waals surface area (Å²) in [6, 6.07) is 6.51. The van der Waals surface area contributed by atoms with Gasteiger partial charge in [-0.2, -0.15) is 0 Å². The van der Waals surface area contributed by atoms with Gasteiger partial charge in [-0.15, -0.1) is 0 Å². The standard InChI is InChI=1S/C15H20N2O3/c1-10-4-6-11(7-5-10)12(16)13(18)17-15(14(19)20)8-2-3-9-15/h4-7,12H,2-3,8-9,16H2,1H3,(H,17,18)(H,19,20). The summed E-state index contributed by atoms with van der Waals surface area (Å²) >= 11 is 0. The van der Waals surface area contributed by atoms with Crippen LogP contribution in [0.1, 0.15) is 42.9 Å². The summed E-state index contributed by atoms with van der Waals surface area (Å²) in [5, 5.41) is 12.0. The average molecular weight is 276 g/mol. The number of aryl methyl sites for hydroxylation is 1. The van der Waals surface area contributed by atoms with E-state index >= 15 is 0 Å². The predicted molar refractivity (Wildman–Crippen MR) is 75.1 cm³/mol. The van der Waals surface area contributed by atoms with E-state index in [1.54, 1.807) is 12.1 Å². The van der Waals surface area contributed by atoms with Crippen LogP contribution in [0.3, 0.4) is 0 Å². The fourth-order valence-electron chi connectivity index (χ4n) is 2.61. The second-order valence-corrected chi connectivity index (χ2v) is 5.47. The SMILES string of the molecule is Cc1ccc(C(N)C(=O)NC2(C(=O)O)CCCC2)cc1. The fraction of sp³-hybridized carbons (Fsp3) is 0.467. The largest absolute Gasteiger partial charge is 0.480 e. The maximum Gasteiger partial charge on any atom is 0.329 e. The molecule has 1 aromatic rings. The zero-order valence-corrected chi connectivity index (χ0v) is 11.6. The Morgan fingerprint density at radius 1 is 1.25 bits per heavy atom. The molecule has 0 saturated heterocycles. The van der Waals surface area contributed by atoms with E-state index in [2.05, 4.69) is 5.32 Å². The molecule has 5 nitrogen and oxygen atoms in total. The third kappa shape index (κ3) is 2.82. The van der Waals surface area contributed by atoms with Crippen molar-refractivity contribution in [2.75, 3.05) is 0 Å². The Hall–Kier alpha value is -1.88. The molecule has 20 heavy (non-hydrogen) atoms. The van der Waals surface area contributed by atoms with Crippen molar-refractivity contribution in [2.24, 2.45) is 5.73 Å². The molecule has 0 bridgehead atoms. The van der Waals surface area contributed by atoms with Gasteiger partial charge in [0.2, 0.25) is 5.91 Å². The van der Waals surface area contributed by atoms with Crippen LogP contribution in [0, 0.1) is 6.92 Å². The van der Waals surface area contributed by atoms with Gasteiger partial charge in [0.05, 0.1) is 0 Å². The summed E-state index contributed by atoms with van der Waals surface area (Å²) in [7, 11) is 0. The number of hydrogen-bond acceptors (Lipinski definition) is 3. The van der Waals surface area contributed by atoms with Crippen molar-refractivity contribution >= 4 is 11.9 Å². The van der Waals surface area contributed by atoms with Crippen molar-refractivity contribution in [3.63, 3.8) is 0 Å². The van der Waals surface area contributed by atoms with Gasteiger partial charge in [0.1, 0.15) is 11.6 Å². The highest BCUT2D eigenvalue weighted by Gasteiger charge is 2.43. The van der Waals surface area contributed by atoms with Gasteiger partial charge < -0.3 is 16.2 Å². The third-order valence-electron chi connectivity index (χ3n) is 3.95. The number of carbonyl (C=O) groups is 2. The van der Waals surface area contributed by atoms with E-state index in [9.17, 15) is 14.7 Å². The molecule has 0 radical (unpaired) electrons. The van der Waals surface area contributed by atoms with Gasteiger partial charge in [-0.25, -0.2) is 4.79 Å². The van der Waals surface area contributed by atoms with Crippen molar-refractivity contribution in [2.45, 2.75) is 44.2 Å². The van der Waals surface area contributed by atoms with E-state index < -0.39 is 23.5 Å². The van der Waals surface area contributed by atoms with Gasteiger partial charge in [0.15, 0.2) is 0 Å². The molecule has 1 amide bonds. The van der Waals surface area contributed by atoms with Crippen LogP contribution in [-0.4, -0.2) is 22.5 Å². The molecule has 1 unspecified atom stereocenters. The number of aliphatic carboxylic acids is 1. The first kappa shape index (κ1) is 14.5. The summed E-state index contributed by atoms with van der Waals surface area (Å²) in [4.78, 5) is 23.6. The lowest BCUT2D eigenvalue weighted by Crippen LogP contribution is -2.54. The molecule has 4 N–H and O–H groups in total. The van der Waals surface area contributed by atoms with Gasteiger partial charge in [-0.3, -0.25) is 4.79 Å². The lowest BCUT2D eigenvalue weighted by Gasteiger charge is -2.27. The van der Waals surface area contributed by atoms with Crippen LogP contribution >= 0.6 is 0 Å². The highest BCUT2D eigenvalue weighted by molar-refractivity contribution is 5.90. The molecule has 1 aromatic carbocycles. The molecule has 0 spiro atoms. The minimum absolute atomic E-state index is 0.432. The minimum atomic E-state index is -1.14. The second-order valence-electron chi connectivity index (χ2n) is 5.47. The summed E-state index contributed by atoms with van der Waals surface area (Å²) in [5.74, 6) is -1.40. The molecular formula is C15H20N2O3. The summed E-state index contributed by atoms with van der Waals surface area (Å²) < 4.78 is 0.